The van der Waals surface area contributed by atoms with E-state index in [0.29, 0.717) is 17.4 Å². The molecule has 0 amide bonds. The number of nitrogens with zero attached hydrogens (tertiary/aromatic N) is 4. The van der Waals surface area contributed by atoms with Crippen molar-refractivity contribution in [2.24, 2.45) is 4.99 Å². The molecule has 6 atom stereocenters. The van der Waals surface area contributed by atoms with Gasteiger partial charge in [-0.15, -0.1) is 5.10 Å². The number of phenols is 1. The number of aromatic hydroxyl groups is 1. The Morgan fingerprint density at radius 1 is 1.10 bits per heavy atom. The molecular weight excluding hydrogens is 545 g/mol. The monoisotopic (exact) mass is 570 g/mol. The Hall–Kier alpha value is -3.88. The van der Waals surface area contributed by atoms with Crippen LogP contribution in [0.1, 0.15) is 18.0 Å². The highest BCUT2D eigenvalue weighted by Crippen LogP contribution is 2.44. The van der Waals surface area contributed by atoms with E-state index in [4.69, 9.17) is 9.47 Å². The lowest BCUT2D eigenvalue weighted by molar-refractivity contribution is -0.342. The average Bonchev–Trinajstić information content (AvgIpc) is 3.61. The van der Waals surface area contributed by atoms with Gasteiger partial charge in [-0.25, -0.2) is 17.9 Å². The lowest BCUT2D eigenvalue weighted by Gasteiger charge is -2.48. The Morgan fingerprint density at radius 3 is 2.61 bits per heavy atom. The van der Waals surface area contributed by atoms with Gasteiger partial charge < -0.3 is 29.9 Å². The van der Waals surface area contributed by atoms with Crippen LogP contribution in [0.15, 0.2) is 59.7 Å². The van der Waals surface area contributed by atoms with Crippen LogP contribution in [0.25, 0.3) is 22.0 Å². The summed E-state index contributed by atoms with van der Waals surface area (Å²) in [5, 5.41) is 52.6. The second-order valence-electron chi connectivity index (χ2n) is 9.98. The van der Waals surface area contributed by atoms with Gasteiger partial charge in [0.2, 0.25) is 5.79 Å². The molecule has 1 spiro atoms. The predicted octanol–water partition coefficient (Wildman–Crippen LogP) is 2.48. The molecule has 6 rings (SSSR count). The quantitative estimate of drug-likeness (QED) is 0.212. The minimum atomic E-state index is -1.82. The summed E-state index contributed by atoms with van der Waals surface area (Å²) in [5.74, 6) is -6.27. The lowest BCUT2D eigenvalue weighted by Crippen LogP contribution is -2.66. The molecule has 10 nitrogen and oxygen atoms in total. The van der Waals surface area contributed by atoms with E-state index in [2.05, 4.69) is 15.3 Å². The molecule has 2 aliphatic heterocycles. The summed E-state index contributed by atoms with van der Waals surface area (Å²) in [6.45, 7) is -0.520. The summed E-state index contributed by atoms with van der Waals surface area (Å²) in [7, 11) is 0. The number of aromatic nitrogens is 3. The molecule has 214 valence electrons. The van der Waals surface area contributed by atoms with Gasteiger partial charge in [0.05, 0.1) is 19.4 Å². The Bertz CT molecular complexity index is 1610. The molecule has 0 saturated carbocycles. The largest absolute Gasteiger partial charge is 0.507 e. The summed E-state index contributed by atoms with van der Waals surface area (Å²) in [4.78, 5) is 4.57. The summed E-state index contributed by atoms with van der Waals surface area (Å²) in [6.07, 6.45) is -1.38. The van der Waals surface area contributed by atoms with E-state index in [9.17, 15) is 33.6 Å². The maximum atomic E-state index is 13.8. The second-order valence-corrected chi connectivity index (χ2v) is 9.98. The number of fused-ring (bicyclic) bond motifs is 1. The average molecular weight is 571 g/mol. The van der Waals surface area contributed by atoms with E-state index in [0.717, 1.165) is 22.2 Å². The maximum Gasteiger partial charge on any atom is 0.220 e. The number of aliphatic hydroxyl groups excluding tert-OH is 3. The number of ether oxygens (including phenoxy) is 2. The molecule has 0 aliphatic carbocycles. The van der Waals surface area contributed by atoms with E-state index in [-0.39, 0.29) is 23.6 Å². The normalized spacial score (nSPS) is 28.3. The predicted molar refractivity (Wildman–Crippen MR) is 139 cm³/mol. The smallest absolute Gasteiger partial charge is 0.220 e. The van der Waals surface area contributed by atoms with Gasteiger partial charge in [-0.3, -0.25) is 4.99 Å². The van der Waals surface area contributed by atoms with E-state index in [1.165, 1.54) is 12.4 Å². The Kier molecular flexibility index (Phi) is 6.99. The zero-order chi connectivity index (χ0) is 28.9. The molecule has 41 heavy (non-hydrogen) atoms. The minimum absolute atomic E-state index is 0.0234. The van der Waals surface area contributed by atoms with Gasteiger partial charge in [0.1, 0.15) is 41.8 Å². The summed E-state index contributed by atoms with van der Waals surface area (Å²) in [5.41, 5.74) is 0.245. The van der Waals surface area contributed by atoms with Gasteiger partial charge in [-0.1, -0.05) is 35.5 Å². The van der Waals surface area contributed by atoms with Crippen LogP contribution in [0.5, 0.6) is 5.75 Å². The van der Waals surface area contributed by atoms with E-state index in [1.54, 1.807) is 18.2 Å². The molecule has 2 fully saturated rings. The molecular formula is C28H25F3N4O6. The number of hydrogen-bond donors (Lipinski definition) is 4. The Labute approximate surface area is 230 Å². The van der Waals surface area contributed by atoms with Gasteiger partial charge in [0, 0.05) is 22.7 Å². The lowest BCUT2D eigenvalue weighted by atomic mass is 9.86. The molecule has 2 saturated heterocycles. The fourth-order valence-electron chi connectivity index (χ4n) is 5.47. The number of aliphatic hydroxyl groups is 3. The molecule has 13 heteroatoms. The SMILES string of the molecule is OC[C@H]1O[C@]2(OCC[C@H]2/N=C\c2ccc3ccccc3c2O)[C@H](O)[C@@H](n2cc(-c3cc(F)c(F)c(F)c3)nn2)[C@H]1O. The van der Waals surface area contributed by atoms with Gasteiger partial charge in [-0.2, -0.15) is 0 Å². The fourth-order valence-corrected chi connectivity index (χ4v) is 5.47. The van der Waals surface area contributed by atoms with Crippen LogP contribution in [0, 0.1) is 17.5 Å². The van der Waals surface area contributed by atoms with Crippen LogP contribution >= 0.6 is 0 Å². The first-order chi connectivity index (χ1) is 19.7. The van der Waals surface area contributed by atoms with Crippen LogP contribution in [0.4, 0.5) is 13.2 Å². The number of rotatable bonds is 5. The van der Waals surface area contributed by atoms with Gasteiger partial charge in [0.15, 0.2) is 17.5 Å². The fraction of sp³-hybridized carbons (Fsp3) is 0.321. The topological polar surface area (TPSA) is 142 Å². The highest BCUT2D eigenvalue weighted by molar-refractivity contribution is 5.97. The van der Waals surface area contributed by atoms with Crippen molar-refractivity contribution in [2.75, 3.05) is 13.2 Å². The number of hydrogen-bond acceptors (Lipinski definition) is 9. The van der Waals surface area contributed by atoms with Gasteiger partial charge in [-0.05, 0) is 30.0 Å². The number of benzene rings is 3. The number of aliphatic imine (C=N–C) groups is 1. The Morgan fingerprint density at radius 2 is 1.85 bits per heavy atom. The van der Waals surface area contributed by atoms with E-state index < -0.39 is 60.2 Å². The van der Waals surface area contributed by atoms with Crippen molar-refractivity contribution >= 4 is 17.0 Å². The third-order valence-corrected chi connectivity index (χ3v) is 7.59. The van der Waals surface area contributed by atoms with E-state index in [1.807, 2.05) is 18.2 Å². The minimum Gasteiger partial charge on any atom is -0.507 e. The van der Waals surface area contributed by atoms with Crippen molar-refractivity contribution in [1.82, 2.24) is 15.0 Å². The zero-order valence-corrected chi connectivity index (χ0v) is 21.3. The molecule has 3 aromatic carbocycles. The summed E-state index contributed by atoms with van der Waals surface area (Å²) < 4.78 is 54.0. The van der Waals surface area contributed by atoms with Crippen LogP contribution < -0.4 is 0 Å². The van der Waals surface area contributed by atoms with Crippen LogP contribution in [0.2, 0.25) is 0 Å². The number of phenolic OH excluding ortho intramolecular Hbond substituents is 1. The molecule has 0 unspecified atom stereocenters. The third-order valence-electron chi connectivity index (χ3n) is 7.59. The Balaban J connectivity index is 1.34. The maximum absolute atomic E-state index is 13.8. The molecule has 2 aliphatic rings. The first-order valence-electron chi connectivity index (χ1n) is 12.8. The van der Waals surface area contributed by atoms with E-state index >= 15 is 0 Å². The van der Waals surface area contributed by atoms with Crippen molar-refractivity contribution in [2.45, 2.75) is 42.6 Å². The first-order valence-corrected chi connectivity index (χ1v) is 12.8. The van der Waals surface area contributed by atoms with Crippen LogP contribution in [-0.4, -0.2) is 85.0 Å². The first kappa shape index (κ1) is 27.3. The highest BCUT2D eigenvalue weighted by atomic mass is 19.2. The summed E-state index contributed by atoms with van der Waals surface area (Å²) in [6, 6.07) is 10.2. The second kappa shape index (κ2) is 10.5. The van der Waals surface area contributed by atoms with Crippen molar-refractivity contribution < 1.29 is 43.1 Å². The summed E-state index contributed by atoms with van der Waals surface area (Å²) >= 11 is 0. The third kappa shape index (κ3) is 4.55. The van der Waals surface area contributed by atoms with Crippen molar-refractivity contribution in [3.63, 3.8) is 0 Å². The van der Waals surface area contributed by atoms with Crippen molar-refractivity contribution in [3.05, 3.63) is 77.7 Å². The van der Waals surface area contributed by atoms with Gasteiger partial charge >= 0.3 is 0 Å². The van der Waals surface area contributed by atoms with Crippen LogP contribution in [0.3, 0.4) is 0 Å². The highest BCUT2D eigenvalue weighted by Gasteiger charge is 2.61. The molecule has 4 N–H and O–H groups in total. The van der Waals surface area contributed by atoms with Gasteiger partial charge in [0.25, 0.3) is 0 Å². The number of halogens is 3. The van der Waals surface area contributed by atoms with Crippen LogP contribution in [-0.2, 0) is 9.47 Å². The molecule has 0 radical (unpaired) electrons. The molecule has 4 aromatic rings. The zero-order valence-electron chi connectivity index (χ0n) is 21.3. The molecule has 1 aromatic heterocycles. The van der Waals surface area contributed by atoms with Crippen molar-refractivity contribution in [1.29, 1.82) is 0 Å². The molecule has 0 bridgehead atoms. The molecule has 3 heterocycles. The standard InChI is InChI=1S/C28H25F3N4O6/c29-18-9-16(10-19(30)23(18)31)20-12-35(34-33-20)24-26(38)21(13-36)41-28(27(24)39)22(7-8-40-28)32-11-15-6-5-14-3-1-2-4-17(14)25(15)37/h1-6,9-12,21-22,24,26-27,36-39H,7-8,13H2/b32-11-/t21-,22-,24+,26+,27-,28+/m1/s1. The van der Waals surface area contributed by atoms with Crippen molar-refractivity contribution in [3.8, 4) is 17.0 Å².